The molecular weight excluding hydrogens is 296 g/mol. The molecule has 0 bridgehead atoms. The van der Waals surface area contributed by atoms with Gasteiger partial charge in [-0.25, -0.2) is 0 Å². The van der Waals surface area contributed by atoms with Crippen molar-refractivity contribution in [2.24, 2.45) is 0 Å². The van der Waals surface area contributed by atoms with Gasteiger partial charge < -0.3 is 0 Å². The van der Waals surface area contributed by atoms with Crippen LogP contribution >= 0.6 is 27.3 Å². The highest BCUT2D eigenvalue weighted by molar-refractivity contribution is 9.11. The molecule has 0 N–H and O–H groups in total. The standard InChI is InChI=1S/C14H13BrOS/c1-10-9-13(15)17-14(10)12(16)8-7-11-5-3-2-4-6-11/h2-6,9H,7-8H2,1H3. The van der Waals surface area contributed by atoms with Crippen molar-refractivity contribution >= 4 is 33.0 Å². The minimum Gasteiger partial charge on any atom is -0.293 e. The summed E-state index contributed by atoms with van der Waals surface area (Å²) in [5, 5.41) is 0. The topological polar surface area (TPSA) is 17.1 Å². The second-order valence-electron chi connectivity index (χ2n) is 3.97. The molecule has 3 heteroatoms. The van der Waals surface area contributed by atoms with E-state index in [9.17, 15) is 4.79 Å². The number of thiophene rings is 1. The lowest BCUT2D eigenvalue weighted by atomic mass is 10.1. The monoisotopic (exact) mass is 308 g/mol. The molecule has 0 aliphatic heterocycles. The summed E-state index contributed by atoms with van der Waals surface area (Å²) in [5.74, 6) is 0.238. The highest BCUT2D eigenvalue weighted by Gasteiger charge is 2.12. The fraction of sp³-hybridized carbons (Fsp3) is 0.214. The zero-order chi connectivity index (χ0) is 12.3. The van der Waals surface area contributed by atoms with Gasteiger partial charge in [-0.2, -0.15) is 0 Å². The summed E-state index contributed by atoms with van der Waals surface area (Å²) < 4.78 is 1.03. The highest BCUT2D eigenvalue weighted by atomic mass is 79.9. The molecule has 1 heterocycles. The van der Waals surface area contributed by atoms with Crippen LogP contribution in [0.4, 0.5) is 0 Å². The van der Waals surface area contributed by atoms with E-state index in [1.54, 1.807) is 0 Å². The minimum absolute atomic E-state index is 0.238. The van der Waals surface area contributed by atoms with E-state index in [1.165, 1.54) is 16.9 Å². The summed E-state index contributed by atoms with van der Waals surface area (Å²) in [4.78, 5) is 12.9. The van der Waals surface area contributed by atoms with Crippen molar-refractivity contribution in [2.45, 2.75) is 19.8 Å². The van der Waals surface area contributed by atoms with Gasteiger partial charge in [0, 0.05) is 6.42 Å². The third-order valence-corrected chi connectivity index (χ3v) is 4.41. The number of Topliss-reactive ketones (excluding diaryl/α,β-unsaturated/α-hetero) is 1. The Hall–Kier alpha value is -0.930. The maximum Gasteiger partial charge on any atom is 0.173 e. The van der Waals surface area contributed by atoms with Crippen molar-refractivity contribution in [3.63, 3.8) is 0 Å². The summed E-state index contributed by atoms with van der Waals surface area (Å²) in [6, 6.07) is 12.1. The molecule has 17 heavy (non-hydrogen) atoms. The predicted octanol–water partition coefficient (Wildman–Crippen LogP) is 4.63. The Morgan fingerprint density at radius 2 is 2.00 bits per heavy atom. The van der Waals surface area contributed by atoms with Crippen molar-refractivity contribution < 1.29 is 4.79 Å². The zero-order valence-corrected chi connectivity index (χ0v) is 12.0. The molecule has 0 amide bonds. The van der Waals surface area contributed by atoms with Crippen molar-refractivity contribution in [1.82, 2.24) is 0 Å². The smallest absolute Gasteiger partial charge is 0.173 e. The van der Waals surface area contributed by atoms with E-state index in [0.717, 1.165) is 20.6 Å². The molecule has 0 atom stereocenters. The van der Waals surface area contributed by atoms with E-state index in [1.807, 2.05) is 31.2 Å². The van der Waals surface area contributed by atoms with Crippen LogP contribution in [0.2, 0.25) is 0 Å². The molecule has 2 aromatic rings. The summed E-state index contributed by atoms with van der Waals surface area (Å²) in [5.41, 5.74) is 2.29. The average Bonchev–Trinajstić information content (AvgIpc) is 2.67. The van der Waals surface area contributed by atoms with Crippen LogP contribution in [-0.2, 0) is 6.42 Å². The summed E-state index contributed by atoms with van der Waals surface area (Å²) in [6.45, 7) is 1.98. The first kappa shape index (κ1) is 12.5. The van der Waals surface area contributed by atoms with E-state index in [4.69, 9.17) is 0 Å². The van der Waals surface area contributed by atoms with Gasteiger partial charge in [-0.15, -0.1) is 11.3 Å². The van der Waals surface area contributed by atoms with Crippen molar-refractivity contribution in [2.75, 3.05) is 0 Å². The van der Waals surface area contributed by atoms with E-state index >= 15 is 0 Å². The van der Waals surface area contributed by atoms with Gasteiger partial charge >= 0.3 is 0 Å². The van der Waals surface area contributed by atoms with Crippen LogP contribution in [-0.4, -0.2) is 5.78 Å². The Labute approximate surface area is 114 Å². The summed E-state index contributed by atoms with van der Waals surface area (Å²) >= 11 is 4.94. The number of benzene rings is 1. The fourth-order valence-electron chi connectivity index (χ4n) is 1.74. The molecule has 1 aromatic carbocycles. The number of aryl methyl sites for hydroxylation is 2. The molecule has 0 fully saturated rings. The first-order valence-electron chi connectivity index (χ1n) is 5.50. The van der Waals surface area contributed by atoms with Crippen LogP contribution < -0.4 is 0 Å². The predicted molar refractivity (Wildman–Crippen MR) is 75.8 cm³/mol. The first-order chi connectivity index (χ1) is 8.16. The molecule has 0 aliphatic carbocycles. The maximum absolute atomic E-state index is 12.0. The molecule has 0 unspecified atom stereocenters. The Bertz CT molecular complexity index is 516. The number of hydrogen-bond donors (Lipinski definition) is 0. The number of carbonyl (C=O) groups excluding carboxylic acids is 1. The SMILES string of the molecule is Cc1cc(Br)sc1C(=O)CCc1ccccc1. The molecular formula is C14H13BrOS. The van der Waals surface area contributed by atoms with Gasteiger partial charge in [-0.05, 0) is 46.5 Å². The molecule has 0 saturated carbocycles. The van der Waals surface area contributed by atoms with E-state index in [0.29, 0.717) is 6.42 Å². The molecule has 1 nitrogen and oxygen atoms in total. The van der Waals surface area contributed by atoms with Crippen LogP contribution in [0.5, 0.6) is 0 Å². The van der Waals surface area contributed by atoms with Crippen molar-refractivity contribution in [1.29, 1.82) is 0 Å². The molecule has 0 saturated heterocycles. The lowest BCUT2D eigenvalue weighted by molar-refractivity contribution is 0.0986. The van der Waals surface area contributed by atoms with Gasteiger partial charge in [-0.1, -0.05) is 30.3 Å². The van der Waals surface area contributed by atoms with Gasteiger partial charge in [0.2, 0.25) is 0 Å². The van der Waals surface area contributed by atoms with Gasteiger partial charge in [0.1, 0.15) is 0 Å². The van der Waals surface area contributed by atoms with Crippen LogP contribution in [0.15, 0.2) is 40.2 Å². The zero-order valence-electron chi connectivity index (χ0n) is 9.57. The highest BCUT2D eigenvalue weighted by Crippen LogP contribution is 2.27. The number of hydrogen-bond acceptors (Lipinski definition) is 2. The quantitative estimate of drug-likeness (QED) is 0.752. The second kappa shape index (κ2) is 5.61. The van der Waals surface area contributed by atoms with Gasteiger partial charge in [0.25, 0.3) is 0 Å². The normalized spacial score (nSPS) is 10.5. The number of ketones is 1. The number of rotatable bonds is 4. The summed E-state index contributed by atoms with van der Waals surface area (Å²) in [7, 11) is 0. The first-order valence-corrected chi connectivity index (χ1v) is 7.11. The fourth-order valence-corrected chi connectivity index (χ4v) is 3.43. The summed E-state index contributed by atoms with van der Waals surface area (Å²) in [6.07, 6.45) is 1.40. The lowest BCUT2D eigenvalue weighted by Gasteiger charge is -2.00. The number of carbonyl (C=O) groups is 1. The van der Waals surface area contributed by atoms with Crippen molar-refractivity contribution in [3.05, 3.63) is 56.2 Å². The number of halogens is 1. The molecule has 88 valence electrons. The van der Waals surface area contributed by atoms with Gasteiger partial charge in [0.15, 0.2) is 5.78 Å². The van der Waals surface area contributed by atoms with Gasteiger partial charge in [0.05, 0.1) is 8.66 Å². The van der Waals surface area contributed by atoms with Crippen LogP contribution in [0.1, 0.15) is 27.2 Å². The Kier molecular flexibility index (Phi) is 4.13. The molecule has 0 aliphatic rings. The molecule has 2 rings (SSSR count). The minimum atomic E-state index is 0.238. The van der Waals surface area contributed by atoms with Gasteiger partial charge in [-0.3, -0.25) is 4.79 Å². The van der Waals surface area contributed by atoms with E-state index in [2.05, 4.69) is 28.1 Å². The average molecular weight is 309 g/mol. The maximum atomic E-state index is 12.0. The lowest BCUT2D eigenvalue weighted by Crippen LogP contribution is -2.00. The van der Waals surface area contributed by atoms with Crippen LogP contribution in [0.3, 0.4) is 0 Å². The Balaban J connectivity index is 2.01. The van der Waals surface area contributed by atoms with Crippen molar-refractivity contribution in [3.8, 4) is 0 Å². The van der Waals surface area contributed by atoms with E-state index < -0.39 is 0 Å². The third-order valence-electron chi connectivity index (χ3n) is 2.62. The Morgan fingerprint density at radius 3 is 2.59 bits per heavy atom. The van der Waals surface area contributed by atoms with Crippen LogP contribution in [0, 0.1) is 6.92 Å². The Morgan fingerprint density at radius 1 is 1.29 bits per heavy atom. The second-order valence-corrected chi connectivity index (χ2v) is 6.40. The molecule has 1 aromatic heterocycles. The largest absolute Gasteiger partial charge is 0.293 e. The van der Waals surface area contributed by atoms with Crippen LogP contribution in [0.25, 0.3) is 0 Å². The molecule has 0 spiro atoms. The third kappa shape index (κ3) is 3.27. The van der Waals surface area contributed by atoms with E-state index in [-0.39, 0.29) is 5.78 Å². The molecule has 0 radical (unpaired) electrons.